The number of carbonyl (C=O) groups excluding carboxylic acids is 2. The maximum absolute atomic E-state index is 13.0. The van der Waals surface area contributed by atoms with Crippen LogP contribution in [0.25, 0.3) is 0 Å². The molecule has 2 aromatic carbocycles. The van der Waals surface area contributed by atoms with Crippen molar-refractivity contribution in [2.75, 3.05) is 18.8 Å². The molecule has 138 valence electrons. The van der Waals surface area contributed by atoms with Crippen LogP contribution in [0.5, 0.6) is 0 Å². The van der Waals surface area contributed by atoms with Crippen molar-refractivity contribution in [2.45, 2.75) is 19.8 Å². The molecular formula is C20H22ClFN2O2. The minimum absolute atomic E-state index is 0. The Morgan fingerprint density at radius 1 is 1.15 bits per heavy atom. The number of benzene rings is 2. The molecule has 1 atom stereocenters. The summed E-state index contributed by atoms with van der Waals surface area (Å²) in [6.07, 6.45) is 1.50. The molecule has 2 N–H and O–H groups in total. The lowest BCUT2D eigenvalue weighted by Gasteiger charge is -2.32. The number of nitrogen functional groups attached to an aromatic ring is 1. The van der Waals surface area contributed by atoms with Gasteiger partial charge < -0.3 is 10.6 Å². The highest BCUT2D eigenvalue weighted by Gasteiger charge is 2.30. The first kappa shape index (κ1) is 19.9. The molecular weight excluding hydrogens is 355 g/mol. The third-order valence-electron chi connectivity index (χ3n) is 4.70. The van der Waals surface area contributed by atoms with Crippen LogP contribution in [0, 0.1) is 18.7 Å². The second-order valence-corrected chi connectivity index (χ2v) is 6.54. The standard InChI is InChI=1S/C20H21FN2O2.ClH/c1-13-4-9-17(22)11-18(13)20(25)23-10-2-3-15(12-23)19(24)14-5-7-16(21)8-6-14;/h4-9,11,15H,2-3,10,12,22H2,1H3;1H. The van der Waals surface area contributed by atoms with Gasteiger partial charge in [-0.05, 0) is 61.7 Å². The number of likely N-dealkylation sites (tertiary alicyclic amines) is 1. The number of rotatable bonds is 3. The van der Waals surface area contributed by atoms with Crippen LogP contribution in [0.3, 0.4) is 0 Å². The van der Waals surface area contributed by atoms with Gasteiger partial charge in [0.1, 0.15) is 5.82 Å². The summed E-state index contributed by atoms with van der Waals surface area (Å²) in [5.41, 5.74) is 8.28. The van der Waals surface area contributed by atoms with Crippen LogP contribution in [-0.2, 0) is 0 Å². The van der Waals surface area contributed by atoms with E-state index in [9.17, 15) is 14.0 Å². The van der Waals surface area contributed by atoms with Gasteiger partial charge in [0.15, 0.2) is 5.78 Å². The van der Waals surface area contributed by atoms with E-state index in [0.29, 0.717) is 29.9 Å². The SMILES string of the molecule is Cc1ccc(N)cc1C(=O)N1CCCC(C(=O)c2ccc(F)cc2)C1.Cl. The van der Waals surface area contributed by atoms with Gasteiger partial charge >= 0.3 is 0 Å². The second kappa shape index (κ2) is 8.32. The quantitative estimate of drug-likeness (QED) is 0.653. The Morgan fingerprint density at radius 2 is 1.85 bits per heavy atom. The fourth-order valence-electron chi connectivity index (χ4n) is 3.27. The number of halogens is 2. The molecule has 1 saturated heterocycles. The monoisotopic (exact) mass is 376 g/mol. The van der Waals surface area contributed by atoms with Crippen LogP contribution in [0.15, 0.2) is 42.5 Å². The molecule has 1 aliphatic rings. The number of amides is 1. The number of hydrogen-bond donors (Lipinski definition) is 1. The predicted molar refractivity (Wildman–Crippen MR) is 102 cm³/mol. The number of piperidine rings is 1. The zero-order valence-corrected chi connectivity index (χ0v) is 15.4. The first-order valence-corrected chi connectivity index (χ1v) is 8.41. The summed E-state index contributed by atoms with van der Waals surface area (Å²) in [6.45, 7) is 2.88. The topological polar surface area (TPSA) is 63.4 Å². The average Bonchev–Trinajstić information content (AvgIpc) is 2.63. The molecule has 0 radical (unpaired) electrons. The lowest BCUT2D eigenvalue weighted by molar-refractivity contribution is 0.0636. The highest BCUT2D eigenvalue weighted by atomic mass is 35.5. The molecule has 4 nitrogen and oxygen atoms in total. The molecule has 6 heteroatoms. The number of nitrogens with two attached hydrogens (primary N) is 1. The van der Waals surface area contributed by atoms with Crippen molar-refractivity contribution in [2.24, 2.45) is 5.92 Å². The van der Waals surface area contributed by atoms with Gasteiger partial charge in [-0.25, -0.2) is 4.39 Å². The van der Waals surface area contributed by atoms with Crippen LogP contribution in [0.1, 0.15) is 39.1 Å². The van der Waals surface area contributed by atoms with Crippen LogP contribution >= 0.6 is 12.4 Å². The first-order chi connectivity index (χ1) is 12.0. The van der Waals surface area contributed by atoms with E-state index in [4.69, 9.17) is 5.73 Å². The van der Waals surface area contributed by atoms with Crippen molar-refractivity contribution in [3.8, 4) is 0 Å². The Bertz CT molecular complexity index is 808. The van der Waals surface area contributed by atoms with Gasteiger partial charge in [0.25, 0.3) is 5.91 Å². The van der Waals surface area contributed by atoms with Crippen LogP contribution in [0.4, 0.5) is 10.1 Å². The second-order valence-electron chi connectivity index (χ2n) is 6.54. The maximum atomic E-state index is 13.0. The number of aryl methyl sites for hydroxylation is 1. The van der Waals surface area contributed by atoms with Crippen molar-refractivity contribution < 1.29 is 14.0 Å². The van der Waals surface area contributed by atoms with E-state index in [2.05, 4.69) is 0 Å². The first-order valence-electron chi connectivity index (χ1n) is 8.41. The molecule has 1 amide bonds. The van der Waals surface area contributed by atoms with Gasteiger partial charge in [0.2, 0.25) is 0 Å². The van der Waals surface area contributed by atoms with Crippen molar-refractivity contribution in [3.63, 3.8) is 0 Å². The summed E-state index contributed by atoms with van der Waals surface area (Å²) < 4.78 is 13.0. The summed E-state index contributed by atoms with van der Waals surface area (Å²) in [4.78, 5) is 27.2. The van der Waals surface area contributed by atoms with E-state index >= 15 is 0 Å². The molecule has 0 bridgehead atoms. The molecule has 1 unspecified atom stereocenters. The Balaban J connectivity index is 0.00000243. The molecule has 3 rings (SSSR count). The van der Waals surface area contributed by atoms with E-state index in [1.54, 1.807) is 17.0 Å². The molecule has 26 heavy (non-hydrogen) atoms. The minimum Gasteiger partial charge on any atom is -0.399 e. The maximum Gasteiger partial charge on any atom is 0.254 e. The summed E-state index contributed by atoms with van der Waals surface area (Å²) in [6, 6.07) is 10.9. The lowest BCUT2D eigenvalue weighted by atomic mass is 9.89. The zero-order chi connectivity index (χ0) is 18.0. The molecule has 1 fully saturated rings. The highest BCUT2D eigenvalue weighted by molar-refractivity contribution is 6.00. The normalized spacial score (nSPS) is 16.7. The summed E-state index contributed by atoms with van der Waals surface area (Å²) in [5.74, 6) is -0.762. The number of anilines is 1. The number of hydrogen-bond acceptors (Lipinski definition) is 3. The lowest BCUT2D eigenvalue weighted by Crippen LogP contribution is -2.42. The van der Waals surface area contributed by atoms with Crippen LogP contribution in [0.2, 0.25) is 0 Å². The molecule has 0 spiro atoms. The Hall–Kier alpha value is -2.40. The van der Waals surface area contributed by atoms with Crippen molar-refractivity contribution in [3.05, 3.63) is 65.0 Å². The summed E-state index contributed by atoms with van der Waals surface area (Å²) in [5, 5.41) is 0. The predicted octanol–water partition coefficient (Wildman–Crippen LogP) is 3.87. The third-order valence-corrected chi connectivity index (χ3v) is 4.70. The third kappa shape index (κ3) is 4.22. The van der Waals surface area contributed by atoms with Crippen LogP contribution in [-0.4, -0.2) is 29.7 Å². The van der Waals surface area contributed by atoms with Gasteiger partial charge in [0.05, 0.1) is 0 Å². The summed E-state index contributed by atoms with van der Waals surface area (Å²) in [7, 11) is 0. The van der Waals surface area contributed by atoms with E-state index < -0.39 is 0 Å². The molecule has 0 saturated carbocycles. The molecule has 1 heterocycles. The van der Waals surface area contributed by atoms with Crippen LogP contribution < -0.4 is 5.73 Å². The largest absolute Gasteiger partial charge is 0.399 e. The van der Waals surface area contributed by atoms with Gasteiger partial charge in [-0.1, -0.05) is 6.07 Å². The van der Waals surface area contributed by atoms with E-state index in [0.717, 1.165) is 18.4 Å². The van der Waals surface area contributed by atoms with E-state index in [1.807, 2.05) is 13.0 Å². The van der Waals surface area contributed by atoms with Gasteiger partial charge in [0, 0.05) is 35.8 Å². The molecule has 0 aromatic heterocycles. The molecule has 1 aliphatic heterocycles. The number of Topliss-reactive ketones (excluding diaryl/α,β-unsaturated/α-hetero) is 1. The minimum atomic E-state index is -0.367. The average molecular weight is 377 g/mol. The van der Waals surface area contributed by atoms with Gasteiger partial charge in [-0.15, -0.1) is 12.4 Å². The van der Waals surface area contributed by atoms with E-state index in [1.165, 1.54) is 24.3 Å². The molecule has 0 aliphatic carbocycles. The zero-order valence-electron chi connectivity index (χ0n) is 14.6. The highest BCUT2D eigenvalue weighted by Crippen LogP contribution is 2.24. The number of ketones is 1. The molecule has 2 aromatic rings. The Morgan fingerprint density at radius 3 is 2.54 bits per heavy atom. The Kier molecular flexibility index (Phi) is 6.37. The van der Waals surface area contributed by atoms with Gasteiger partial charge in [-0.3, -0.25) is 9.59 Å². The van der Waals surface area contributed by atoms with Crippen molar-refractivity contribution in [1.29, 1.82) is 0 Å². The van der Waals surface area contributed by atoms with Crippen molar-refractivity contribution in [1.82, 2.24) is 4.90 Å². The fraction of sp³-hybridized carbons (Fsp3) is 0.300. The summed E-state index contributed by atoms with van der Waals surface area (Å²) >= 11 is 0. The van der Waals surface area contributed by atoms with Gasteiger partial charge in [-0.2, -0.15) is 0 Å². The number of nitrogens with zero attached hydrogens (tertiary/aromatic N) is 1. The number of carbonyl (C=O) groups is 2. The Labute approximate surface area is 158 Å². The fourth-order valence-corrected chi connectivity index (χ4v) is 3.27. The smallest absolute Gasteiger partial charge is 0.254 e. The van der Waals surface area contributed by atoms with E-state index in [-0.39, 0.29) is 35.8 Å². The van der Waals surface area contributed by atoms with Crippen molar-refractivity contribution >= 4 is 29.8 Å².